The summed E-state index contributed by atoms with van der Waals surface area (Å²) in [5.41, 5.74) is 3.57. The smallest absolute Gasteiger partial charge is 0.130 e. The molecule has 5 heteroatoms. The fourth-order valence-electron chi connectivity index (χ4n) is 2.67. The van der Waals surface area contributed by atoms with Crippen LogP contribution >= 0.6 is 0 Å². The molecule has 0 aliphatic heterocycles. The summed E-state index contributed by atoms with van der Waals surface area (Å²) in [6.45, 7) is 8.27. The molecule has 3 aromatic rings. The van der Waals surface area contributed by atoms with Crippen LogP contribution in [0.4, 0.5) is 0 Å². The van der Waals surface area contributed by atoms with E-state index in [-0.39, 0.29) is 11.8 Å². The number of aromatic nitrogens is 3. The van der Waals surface area contributed by atoms with E-state index in [1.54, 1.807) is 36.7 Å². The van der Waals surface area contributed by atoms with Gasteiger partial charge in [0, 0.05) is 35.6 Å². The van der Waals surface area contributed by atoms with Gasteiger partial charge < -0.3 is 9.84 Å². The van der Waals surface area contributed by atoms with E-state index < -0.39 is 0 Å². The van der Waals surface area contributed by atoms with Crippen molar-refractivity contribution in [2.75, 3.05) is 0 Å². The van der Waals surface area contributed by atoms with E-state index in [1.165, 1.54) is 0 Å². The number of hydrogen-bond acceptors (Lipinski definition) is 4. The molecule has 1 aromatic carbocycles. The van der Waals surface area contributed by atoms with E-state index in [2.05, 4.69) is 30.5 Å². The highest BCUT2D eigenvalue weighted by Gasteiger charge is 2.14. The molecule has 0 aliphatic rings. The summed E-state index contributed by atoms with van der Waals surface area (Å²) >= 11 is 0. The van der Waals surface area contributed by atoms with Crippen molar-refractivity contribution in [2.24, 2.45) is 0 Å². The van der Waals surface area contributed by atoms with Gasteiger partial charge in [-0.2, -0.15) is 5.10 Å². The molecule has 1 N–H and O–H groups in total. The molecule has 0 radical (unpaired) electrons. The minimum Gasteiger partial charge on any atom is -0.508 e. The van der Waals surface area contributed by atoms with Crippen LogP contribution in [0.15, 0.2) is 55.4 Å². The Kier molecular flexibility index (Phi) is 4.84. The Hall–Kier alpha value is -3.08. The van der Waals surface area contributed by atoms with E-state index in [4.69, 9.17) is 4.74 Å². The van der Waals surface area contributed by atoms with E-state index >= 15 is 0 Å². The van der Waals surface area contributed by atoms with Crippen molar-refractivity contribution in [1.82, 2.24) is 14.8 Å². The molecular formula is C20H21N3O2. The van der Waals surface area contributed by atoms with Crippen LogP contribution in [-0.2, 0) is 6.61 Å². The van der Waals surface area contributed by atoms with Crippen molar-refractivity contribution in [3.8, 4) is 22.9 Å². The SMILES string of the molecule is C=Cc1ccc(O)cc1OCc1cccnc1-c1ccnn1C(C)C. The van der Waals surface area contributed by atoms with Gasteiger partial charge in [-0.3, -0.25) is 9.67 Å². The van der Waals surface area contributed by atoms with Crippen molar-refractivity contribution in [3.63, 3.8) is 0 Å². The molecule has 2 heterocycles. The molecule has 128 valence electrons. The van der Waals surface area contributed by atoms with E-state index in [1.807, 2.05) is 22.9 Å². The maximum Gasteiger partial charge on any atom is 0.130 e. The lowest BCUT2D eigenvalue weighted by Gasteiger charge is -2.15. The van der Waals surface area contributed by atoms with Gasteiger partial charge in [-0.1, -0.05) is 18.7 Å². The molecule has 5 nitrogen and oxygen atoms in total. The van der Waals surface area contributed by atoms with Crippen molar-refractivity contribution < 1.29 is 9.84 Å². The largest absolute Gasteiger partial charge is 0.508 e. The Bertz CT molecular complexity index is 884. The summed E-state index contributed by atoms with van der Waals surface area (Å²) in [6.07, 6.45) is 5.24. The standard InChI is InChI=1S/C20H21N3O2/c1-4-15-7-8-17(24)12-19(15)25-13-16-6-5-10-21-20(16)18-9-11-22-23(18)14(2)3/h4-12,14,24H,1,13H2,2-3H3. The highest BCUT2D eigenvalue weighted by atomic mass is 16.5. The van der Waals surface area contributed by atoms with Gasteiger partial charge in [0.15, 0.2) is 0 Å². The topological polar surface area (TPSA) is 60.2 Å². The minimum atomic E-state index is 0.157. The van der Waals surface area contributed by atoms with E-state index in [9.17, 15) is 5.11 Å². The van der Waals surface area contributed by atoms with Gasteiger partial charge in [-0.05, 0) is 38.1 Å². The maximum absolute atomic E-state index is 9.69. The van der Waals surface area contributed by atoms with Crippen LogP contribution in [0.25, 0.3) is 17.5 Å². The Morgan fingerprint density at radius 1 is 1.24 bits per heavy atom. The first-order valence-corrected chi connectivity index (χ1v) is 8.16. The number of phenolic OH excluding ortho intramolecular Hbond substituents is 1. The second-order valence-electron chi connectivity index (χ2n) is 5.98. The van der Waals surface area contributed by atoms with Crippen LogP contribution in [0.3, 0.4) is 0 Å². The van der Waals surface area contributed by atoms with Crippen molar-refractivity contribution in [3.05, 3.63) is 66.5 Å². The lowest BCUT2D eigenvalue weighted by molar-refractivity contribution is 0.303. The Morgan fingerprint density at radius 3 is 2.84 bits per heavy atom. The first kappa shape index (κ1) is 16.8. The molecular weight excluding hydrogens is 314 g/mol. The fraction of sp³-hybridized carbons (Fsp3) is 0.200. The fourth-order valence-corrected chi connectivity index (χ4v) is 2.67. The third kappa shape index (κ3) is 3.55. The number of nitrogens with zero attached hydrogens (tertiary/aromatic N) is 3. The number of ether oxygens (including phenoxy) is 1. The molecule has 0 saturated heterocycles. The molecule has 0 fully saturated rings. The zero-order valence-electron chi connectivity index (χ0n) is 14.4. The molecule has 0 bridgehead atoms. The summed E-state index contributed by atoms with van der Waals surface area (Å²) in [6, 6.07) is 11.0. The predicted molar refractivity (Wildman–Crippen MR) is 98.4 cm³/mol. The number of phenols is 1. The second kappa shape index (κ2) is 7.21. The average molecular weight is 335 g/mol. The van der Waals surface area contributed by atoms with Crippen LogP contribution in [0.1, 0.15) is 31.0 Å². The first-order valence-electron chi connectivity index (χ1n) is 8.16. The van der Waals surface area contributed by atoms with E-state index in [0.717, 1.165) is 22.5 Å². The molecule has 2 aromatic heterocycles. The van der Waals surface area contributed by atoms with Gasteiger partial charge in [-0.25, -0.2) is 0 Å². The van der Waals surface area contributed by atoms with Crippen molar-refractivity contribution >= 4 is 6.08 Å². The zero-order chi connectivity index (χ0) is 17.8. The van der Waals surface area contributed by atoms with Crippen LogP contribution < -0.4 is 4.74 Å². The molecule has 0 atom stereocenters. The lowest BCUT2D eigenvalue weighted by Crippen LogP contribution is -2.07. The zero-order valence-corrected chi connectivity index (χ0v) is 14.4. The molecule has 0 spiro atoms. The van der Waals surface area contributed by atoms with Gasteiger partial charge >= 0.3 is 0 Å². The number of benzene rings is 1. The van der Waals surface area contributed by atoms with Crippen LogP contribution in [-0.4, -0.2) is 19.9 Å². The quantitative estimate of drug-likeness (QED) is 0.723. The summed E-state index contributed by atoms with van der Waals surface area (Å²) in [4.78, 5) is 4.53. The van der Waals surface area contributed by atoms with Gasteiger partial charge in [0.2, 0.25) is 0 Å². The predicted octanol–water partition coefficient (Wildman–Crippen LogP) is 4.45. The van der Waals surface area contributed by atoms with Gasteiger partial charge in [-0.15, -0.1) is 0 Å². The number of aromatic hydroxyl groups is 1. The van der Waals surface area contributed by atoms with Gasteiger partial charge in [0.1, 0.15) is 18.1 Å². The van der Waals surface area contributed by atoms with Crippen molar-refractivity contribution in [1.29, 1.82) is 0 Å². The molecule has 0 saturated carbocycles. The third-order valence-electron chi connectivity index (χ3n) is 3.89. The van der Waals surface area contributed by atoms with Crippen LogP contribution in [0.2, 0.25) is 0 Å². The first-order chi connectivity index (χ1) is 12.1. The number of rotatable bonds is 6. The molecule has 3 rings (SSSR count). The molecule has 0 unspecified atom stereocenters. The molecule has 0 amide bonds. The highest BCUT2D eigenvalue weighted by molar-refractivity contribution is 5.60. The van der Waals surface area contributed by atoms with Crippen molar-refractivity contribution in [2.45, 2.75) is 26.5 Å². The lowest BCUT2D eigenvalue weighted by atomic mass is 10.1. The van der Waals surface area contributed by atoms with E-state index in [0.29, 0.717) is 12.4 Å². The normalized spacial score (nSPS) is 10.8. The van der Waals surface area contributed by atoms with Crippen LogP contribution in [0, 0.1) is 0 Å². The second-order valence-corrected chi connectivity index (χ2v) is 5.98. The summed E-state index contributed by atoms with van der Waals surface area (Å²) in [5.74, 6) is 0.743. The average Bonchev–Trinajstić information content (AvgIpc) is 3.10. The Balaban J connectivity index is 1.91. The monoisotopic (exact) mass is 335 g/mol. The van der Waals surface area contributed by atoms with Crippen LogP contribution in [0.5, 0.6) is 11.5 Å². The summed E-state index contributed by atoms with van der Waals surface area (Å²) in [5, 5.41) is 14.1. The Labute approximate surface area is 147 Å². The molecule has 25 heavy (non-hydrogen) atoms. The summed E-state index contributed by atoms with van der Waals surface area (Å²) < 4.78 is 7.87. The Morgan fingerprint density at radius 2 is 2.08 bits per heavy atom. The molecule has 0 aliphatic carbocycles. The minimum absolute atomic E-state index is 0.157. The third-order valence-corrected chi connectivity index (χ3v) is 3.89. The number of pyridine rings is 1. The highest BCUT2D eigenvalue weighted by Crippen LogP contribution is 2.28. The maximum atomic E-state index is 9.69. The van der Waals surface area contributed by atoms with Gasteiger partial charge in [0.05, 0.1) is 11.4 Å². The number of hydrogen-bond donors (Lipinski definition) is 1. The van der Waals surface area contributed by atoms with Gasteiger partial charge in [0.25, 0.3) is 0 Å². The summed E-state index contributed by atoms with van der Waals surface area (Å²) in [7, 11) is 0.